The van der Waals surface area contributed by atoms with Gasteiger partial charge in [-0.2, -0.15) is 0 Å². The lowest BCUT2D eigenvalue weighted by molar-refractivity contribution is 0.0986. The number of carbonyl (C=O) groups is 1. The summed E-state index contributed by atoms with van der Waals surface area (Å²) in [7, 11) is 0. The summed E-state index contributed by atoms with van der Waals surface area (Å²) < 4.78 is 0. The minimum Gasteiger partial charge on any atom is -0.284 e. The van der Waals surface area contributed by atoms with Gasteiger partial charge in [0.25, 0.3) is 5.91 Å². The van der Waals surface area contributed by atoms with Crippen molar-refractivity contribution in [3.8, 4) is 11.3 Å². The van der Waals surface area contributed by atoms with E-state index in [1.54, 1.807) is 4.90 Å². The highest BCUT2D eigenvalue weighted by Crippen LogP contribution is 2.28. The van der Waals surface area contributed by atoms with Gasteiger partial charge >= 0.3 is 0 Å². The molecule has 1 heterocycles. The smallest absolute Gasteiger partial charge is 0.260 e. The molecule has 0 spiro atoms. The number of nitrogens with zero attached hydrogens (tertiary/aromatic N) is 2. The van der Waals surface area contributed by atoms with Crippen molar-refractivity contribution < 1.29 is 4.79 Å². The van der Waals surface area contributed by atoms with Crippen molar-refractivity contribution in [1.29, 1.82) is 0 Å². The number of hydrogen-bond donors (Lipinski definition) is 0. The second kappa shape index (κ2) is 7.41. The molecule has 0 bridgehead atoms. The Kier molecular flexibility index (Phi) is 5.06. The molecule has 0 N–H and O–H groups in total. The van der Waals surface area contributed by atoms with Crippen molar-refractivity contribution in [2.75, 3.05) is 11.4 Å². The van der Waals surface area contributed by atoms with Crippen LogP contribution in [0.3, 0.4) is 0 Å². The van der Waals surface area contributed by atoms with E-state index in [1.165, 1.54) is 11.3 Å². The highest BCUT2D eigenvalue weighted by molar-refractivity contribution is 7.14. The molecule has 0 aliphatic heterocycles. The van der Waals surface area contributed by atoms with Gasteiger partial charge in [-0.05, 0) is 25.0 Å². The van der Waals surface area contributed by atoms with Gasteiger partial charge in [0.05, 0.1) is 5.69 Å². The van der Waals surface area contributed by atoms with Crippen LogP contribution >= 0.6 is 11.3 Å². The first kappa shape index (κ1) is 16.4. The zero-order valence-electron chi connectivity index (χ0n) is 13.9. The van der Waals surface area contributed by atoms with Gasteiger partial charge in [-0.1, -0.05) is 55.5 Å². The fourth-order valence-corrected chi connectivity index (χ4v) is 3.45. The van der Waals surface area contributed by atoms with Crippen molar-refractivity contribution >= 4 is 22.4 Å². The monoisotopic (exact) mass is 336 g/mol. The Hall–Kier alpha value is -2.46. The maximum Gasteiger partial charge on any atom is 0.260 e. The molecule has 24 heavy (non-hydrogen) atoms. The number of aromatic nitrogens is 1. The standard InChI is InChI=1S/C20H20N2OS/c1-3-13-22(19(23)17-12-8-7-9-15(17)2)20-21-18(14-24-20)16-10-5-4-6-11-16/h4-12,14H,3,13H2,1-2H3. The van der Waals surface area contributed by atoms with Crippen molar-refractivity contribution in [1.82, 2.24) is 4.98 Å². The molecule has 4 heteroatoms. The van der Waals surface area contributed by atoms with E-state index in [0.717, 1.165) is 33.9 Å². The maximum atomic E-state index is 13.0. The molecule has 2 aromatic carbocycles. The number of thiazole rings is 1. The number of aryl methyl sites for hydroxylation is 1. The van der Waals surface area contributed by atoms with Gasteiger partial charge < -0.3 is 0 Å². The number of anilines is 1. The predicted molar refractivity (Wildman–Crippen MR) is 101 cm³/mol. The van der Waals surface area contributed by atoms with Gasteiger partial charge in [-0.15, -0.1) is 11.3 Å². The van der Waals surface area contributed by atoms with Gasteiger partial charge in [0.2, 0.25) is 0 Å². The zero-order valence-corrected chi connectivity index (χ0v) is 14.7. The van der Waals surface area contributed by atoms with E-state index in [4.69, 9.17) is 4.98 Å². The number of benzene rings is 2. The van der Waals surface area contributed by atoms with Crippen LogP contribution in [0.2, 0.25) is 0 Å². The van der Waals surface area contributed by atoms with E-state index in [2.05, 4.69) is 6.92 Å². The molecule has 0 fully saturated rings. The summed E-state index contributed by atoms with van der Waals surface area (Å²) in [4.78, 5) is 19.5. The summed E-state index contributed by atoms with van der Waals surface area (Å²) in [5.41, 5.74) is 3.71. The van der Waals surface area contributed by atoms with Gasteiger partial charge in [-0.3, -0.25) is 9.69 Å². The van der Waals surface area contributed by atoms with Crippen LogP contribution in [0.25, 0.3) is 11.3 Å². The van der Waals surface area contributed by atoms with E-state index >= 15 is 0 Å². The van der Waals surface area contributed by atoms with Gasteiger partial charge in [0.15, 0.2) is 5.13 Å². The Balaban J connectivity index is 1.93. The molecule has 122 valence electrons. The minimum atomic E-state index is 0.0175. The molecule has 0 radical (unpaired) electrons. The molecular weight excluding hydrogens is 316 g/mol. The zero-order chi connectivity index (χ0) is 16.9. The summed E-state index contributed by atoms with van der Waals surface area (Å²) in [6, 6.07) is 17.8. The summed E-state index contributed by atoms with van der Waals surface area (Å²) in [6.07, 6.45) is 0.887. The Bertz CT molecular complexity index is 826. The average Bonchev–Trinajstić information content (AvgIpc) is 3.10. The first-order chi connectivity index (χ1) is 11.7. The van der Waals surface area contributed by atoms with Crippen LogP contribution in [0.1, 0.15) is 29.3 Å². The molecule has 3 nitrogen and oxygen atoms in total. The Morgan fingerprint density at radius 1 is 1.08 bits per heavy atom. The van der Waals surface area contributed by atoms with Crippen molar-refractivity contribution in [3.63, 3.8) is 0 Å². The van der Waals surface area contributed by atoms with Crippen molar-refractivity contribution in [2.45, 2.75) is 20.3 Å². The van der Waals surface area contributed by atoms with Crippen LogP contribution in [0.5, 0.6) is 0 Å². The Labute approximate surface area is 146 Å². The Morgan fingerprint density at radius 3 is 2.50 bits per heavy atom. The van der Waals surface area contributed by atoms with Crippen LogP contribution in [0, 0.1) is 6.92 Å². The molecule has 3 aromatic rings. The lowest BCUT2D eigenvalue weighted by Crippen LogP contribution is -2.32. The largest absolute Gasteiger partial charge is 0.284 e. The molecular formula is C20H20N2OS. The van der Waals surface area contributed by atoms with Crippen LogP contribution in [0.4, 0.5) is 5.13 Å². The van der Waals surface area contributed by atoms with E-state index < -0.39 is 0 Å². The fourth-order valence-electron chi connectivity index (χ4n) is 2.60. The Morgan fingerprint density at radius 2 is 1.79 bits per heavy atom. The quantitative estimate of drug-likeness (QED) is 0.643. The lowest BCUT2D eigenvalue weighted by Gasteiger charge is -2.20. The molecule has 0 unspecified atom stereocenters. The molecule has 0 saturated carbocycles. The highest BCUT2D eigenvalue weighted by atomic mass is 32.1. The van der Waals surface area contributed by atoms with E-state index in [-0.39, 0.29) is 5.91 Å². The minimum absolute atomic E-state index is 0.0175. The number of amides is 1. The summed E-state index contributed by atoms with van der Waals surface area (Å²) in [5, 5.41) is 2.77. The molecule has 0 atom stereocenters. The van der Waals surface area contributed by atoms with Gasteiger partial charge in [0.1, 0.15) is 0 Å². The SMILES string of the molecule is CCCN(C(=O)c1ccccc1C)c1nc(-c2ccccc2)cs1. The topological polar surface area (TPSA) is 33.2 Å². The molecule has 0 aliphatic rings. The maximum absolute atomic E-state index is 13.0. The first-order valence-electron chi connectivity index (χ1n) is 8.09. The number of hydrogen-bond acceptors (Lipinski definition) is 3. The van der Waals surface area contributed by atoms with Crippen LogP contribution in [0.15, 0.2) is 60.0 Å². The second-order valence-electron chi connectivity index (χ2n) is 5.65. The third kappa shape index (κ3) is 3.39. The lowest BCUT2D eigenvalue weighted by atomic mass is 10.1. The molecule has 1 amide bonds. The summed E-state index contributed by atoms with van der Waals surface area (Å²) >= 11 is 1.52. The van der Waals surface area contributed by atoms with E-state index in [9.17, 15) is 4.79 Å². The van der Waals surface area contributed by atoms with Crippen molar-refractivity contribution in [2.24, 2.45) is 0 Å². The molecule has 3 rings (SSSR count). The fraction of sp³-hybridized carbons (Fsp3) is 0.200. The second-order valence-corrected chi connectivity index (χ2v) is 6.49. The number of carbonyl (C=O) groups excluding carboxylic acids is 1. The van der Waals surface area contributed by atoms with Crippen LogP contribution in [-0.4, -0.2) is 17.4 Å². The predicted octanol–water partition coefficient (Wildman–Crippen LogP) is 5.18. The normalized spacial score (nSPS) is 10.6. The third-order valence-corrected chi connectivity index (χ3v) is 4.72. The summed E-state index contributed by atoms with van der Waals surface area (Å²) in [6.45, 7) is 4.70. The summed E-state index contributed by atoms with van der Waals surface area (Å²) in [5.74, 6) is 0.0175. The highest BCUT2D eigenvalue weighted by Gasteiger charge is 2.21. The van der Waals surface area contributed by atoms with Gasteiger partial charge in [-0.25, -0.2) is 4.98 Å². The molecule has 0 saturated heterocycles. The van der Waals surface area contributed by atoms with Crippen LogP contribution < -0.4 is 4.90 Å². The van der Waals surface area contributed by atoms with Crippen LogP contribution in [-0.2, 0) is 0 Å². The molecule has 0 aliphatic carbocycles. The van der Waals surface area contributed by atoms with E-state index in [0.29, 0.717) is 6.54 Å². The average molecular weight is 336 g/mol. The first-order valence-corrected chi connectivity index (χ1v) is 8.97. The number of rotatable bonds is 5. The van der Waals surface area contributed by atoms with E-state index in [1.807, 2.05) is 66.9 Å². The molecule has 1 aromatic heterocycles. The third-order valence-electron chi connectivity index (χ3n) is 3.86. The van der Waals surface area contributed by atoms with Crippen molar-refractivity contribution in [3.05, 3.63) is 71.1 Å². The van der Waals surface area contributed by atoms with Gasteiger partial charge in [0, 0.05) is 23.1 Å².